The van der Waals surface area contributed by atoms with Gasteiger partial charge in [0.05, 0.1) is 0 Å². The molecule has 0 spiro atoms. The van der Waals surface area contributed by atoms with Crippen molar-refractivity contribution in [2.75, 3.05) is 9.80 Å². The smallest absolute Gasteiger partial charge is 0.137 e. The van der Waals surface area contributed by atoms with Crippen LogP contribution in [0, 0.1) is 0 Å². The highest BCUT2D eigenvalue weighted by molar-refractivity contribution is 7.26. The Labute approximate surface area is 555 Å². The lowest BCUT2D eigenvalue weighted by Gasteiger charge is -2.26. The molecule has 0 amide bonds. The lowest BCUT2D eigenvalue weighted by Crippen LogP contribution is -2.09. The summed E-state index contributed by atoms with van der Waals surface area (Å²) >= 11 is 3.73. The van der Waals surface area contributed by atoms with Gasteiger partial charge in [0.15, 0.2) is 0 Å². The van der Waals surface area contributed by atoms with Crippen LogP contribution in [0.1, 0.15) is 0 Å². The molecule has 0 bridgehead atoms. The van der Waals surface area contributed by atoms with Crippen molar-refractivity contribution in [3.63, 3.8) is 0 Å². The van der Waals surface area contributed by atoms with Crippen LogP contribution in [-0.4, -0.2) is 0 Å². The van der Waals surface area contributed by atoms with Gasteiger partial charge in [0.2, 0.25) is 0 Å². The summed E-state index contributed by atoms with van der Waals surface area (Å²) in [5, 5.41) is 22.5. The second-order valence-electron chi connectivity index (χ2n) is 25.1. The van der Waals surface area contributed by atoms with E-state index in [-0.39, 0.29) is 0 Å². The molecule has 3 aromatic heterocycles. The van der Waals surface area contributed by atoms with Crippen LogP contribution in [-0.2, 0) is 0 Å². The summed E-state index contributed by atoms with van der Waals surface area (Å²) in [6, 6.07) is 121. The number of para-hydroxylation sites is 2. The molecule has 0 N–H and O–H groups in total. The molecule has 17 aromatic carbocycles. The van der Waals surface area contributed by atoms with Crippen LogP contribution in [0.5, 0.6) is 0 Å². The zero-order valence-electron chi connectivity index (χ0n) is 51.3. The first-order chi connectivity index (χ1) is 47.0. The van der Waals surface area contributed by atoms with E-state index in [2.05, 4.69) is 325 Å². The van der Waals surface area contributed by atoms with E-state index in [1.165, 1.54) is 138 Å². The summed E-state index contributed by atoms with van der Waals surface area (Å²) in [5.74, 6) is 0. The largest absolute Gasteiger partial charge is 0.456 e. The third kappa shape index (κ3) is 8.85. The van der Waals surface area contributed by atoms with Crippen LogP contribution in [0.25, 0.3) is 160 Å². The maximum Gasteiger partial charge on any atom is 0.137 e. The van der Waals surface area contributed by atoms with Crippen LogP contribution < -0.4 is 9.80 Å². The van der Waals surface area contributed by atoms with E-state index in [1.54, 1.807) is 0 Å². The van der Waals surface area contributed by atoms with Crippen LogP contribution in [0.2, 0.25) is 0 Å². The molecule has 0 fully saturated rings. The van der Waals surface area contributed by atoms with Crippen molar-refractivity contribution in [2.24, 2.45) is 0 Å². The molecule has 0 atom stereocenters. The van der Waals surface area contributed by atoms with Gasteiger partial charge in [0.25, 0.3) is 0 Å². The SMILES string of the molecule is c1ccc(N(c2ccc(-c3ccc4c(ccc5ccc6cc(-c7ccc8c(c7)sc7ccc(N(c9ccc(-c%10ccc%11c(ccc%12ccc%13ccccc%13c%12%11)c%10)cc9)c9ccc%10sc%11ccccc%11c%10c9)cc78)ccc6c54)c3)cc2)c2ccc3c(c2)oc2ccccc23)cc1. The third-order valence-corrected chi connectivity index (χ3v) is 22.0. The van der Waals surface area contributed by atoms with Crippen molar-refractivity contribution in [1.82, 2.24) is 0 Å². The summed E-state index contributed by atoms with van der Waals surface area (Å²) in [6.07, 6.45) is 0. The first-order valence-corrected chi connectivity index (χ1v) is 34.0. The second kappa shape index (κ2) is 21.4. The number of furan rings is 1. The molecule has 20 rings (SSSR count). The predicted molar refractivity (Wildman–Crippen MR) is 410 cm³/mol. The van der Waals surface area contributed by atoms with Crippen LogP contribution >= 0.6 is 22.7 Å². The Morgan fingerprint density at radius 1 is 0.189 bits per heavy atom. The molecule has 20 aromatic rings. The number of rotatable bonds is 9. The third-order valence-electron chi connectivity index (χ3n) is 19.8. The molecule has 442 valence electrons. The highest BCUT2D eigenvalue weighted by Crippen LogP contribution is 2.47. The Morgan fingerprint density at radius 3 is 1.17 bits per heavy atom. The molecule has 0 aliphatic rings. The Morgan fingerprint density at radius 2 is 0.558 bits per heavy atom. The molecule has 0 aliphatic heterocycles. The number of hydrogen-bond acceptors (Lipinski definition) is 5. The molecule has 0 aliphatic carbocycles. The molecule has 0 unspecified atom stereocenters. The van der Waals surface area contributed by atoms with Crippen LogP contribution in [0.4, 0.5) is 34.1 Å². The van der Waals surface area contributed by atoms with Crippen LogP contribution in [0.15, 0.2) is 332 Å². The molecule has 3 nitrogen and oxygen atoms in total. The van der Waals surface area contributed by atoms with E-state index in [0.29, 0.717) is 0 Å². The van der Waals surface area contributed by atoms with Crippen molar-refractivity contribution in [2.45, 2.75) is 0 Å². The number of fused-ring (bicyclic) bond motifs is 19. The topological polar surface area (TPSA) is 19.6 Å². The van der Waals surface area contributed by atoms with Gasteiger partial charge in [-0.1, -0.05) is 200 Å². The monoisotopic (exact) mass is 1240 g/mol. The molecule has 0 saturated carbocycles. The maximum atomic E-state index is 6.36. The van der Waals surface area contributed by atoms with E-state index in [9.17, 15) is 0 Å². The van der Waals surface area contributed by atoms with Crippen molar-refractivity contribution < 1.29 is 4.42 Å². The quantitative estimate of drug-likeness (QED) is 0.134. The normalized spacial score (nSPS) is 12.0. The fourth-order valence-electron chi connectivity index (χ4n) is 15.1. The maximum absolute atomic E-state index is 6.36. The summed E-state index contributed by atoms with van der Waals surface area (Å²) in [6.45, 7) is 0. The van der Waals surface area contributed by atoms with E-state index in [4.69, 9.17) is 4.42 Å². The average molecular weight is 1240 g/mol. The summed E-state index contributed by atoms with van der Waals surface area (Å²) in [5.41, 5.74) is 15.5. The number of anilines is 6. The predicted octanol–water partition coefficient (Wildman–Crippen LogP) is 27.2. The average Bonchev–Trinajstić information content (AvgIpc) is 1.75. The Kier molecular flexibility index (Phi) is 12.1. The van der Waals surface area contributed by atoms with Crippen molar-refractivity contribution >= 4 is 184 Å². The molecular formula is C90H54N2OS2. The fraction of sp³-hybridized carbons (Fsp3) is 0. The van der Waals surface area contributed by atoms with Crippen molar-refractivity contribution in [3.8, 4) is 33.4 Å². The van der Waals surface area contributed by atoms with Gasteiger partial charge < -0.3 is 14.2 Å². The molecule has 0 radical (unpaired) electrons. The number of hydrogen-bond donors (Lipinski definition) is 0. The number of nitrogens with zero attached hydrogens (tertiary/aromatic N) is 2. The summed E-state index contributed by atoms with van der Waals surface area (Å²) < 4.78 is 11.5. The Bertz CT molecular complexity index is 6540. The van der Waals surface area contributed by atoms with Gasteiger partial charge in [-0.3, -0.25) is 0 Å². The second-order valence-corrected chi connectivity index (χ2v) is 27.3. The van der Waals surface area contributed by atoms with Gasteiger partial charge in [0.1, 0.15) is 11.2 Å². The Balaban J connectivity index is 0.617. The first-order valence-electron chi connectivity index (χ1n) is 32.4. The molecule has 3 heterocycles. The minimum absolute atomic E-state index is 0.875. The fourth-order valence-corrected chi connectivity index (χ4v) is 17.3. The minimum Gasteiger partial charge on any atom is -0.456 e. The first kappa shape index (κ1) is 53.8. The minimum atomic E-state index is 0.875. The van der Waals surface area contributed by atoms with Crippen molar-refractivity contribution in [3.05, 3.63) is 328 Å². The zero-order valence-corrected chi connectivity index (χ0v) is 52.9. The van der Waals surface area contributed by atoms with Crippen LogP contribution in [0.3, 0.4) is 0 Å². The van der Waals surface area contributed by atoms with Gasteiger partial charge >= 0.3 is 0 Å². The Hall–Kier alpha value is -11.9. The lowest BCUT2D eigenvalue weighted by atomic mass is 9.92. The summed E-state index contributed by atoms with van der Waals surface area (Å²) in [7, 11) is 0. The molecule has 95 heavy (non-hydrogen) atoms. The van der Waals surface area contributed by atoms with Gasteiger partial charge in [-0.25, -0.2) is 0 Å². The van der Waals surface area contributed by atoms with Gasteiger partial charge in [0, 0.05) is 91.3 Å². The van der Waals surface area contributed by atoms with Gasteiger partial charge in [-0.15, -0.1) is 22.7 Å². The number of benzene rings is 17. The van der Waals surface area contributed by atoms with Gasteiger partial charge in [-0.05, 0) is 219 Å². The van der Waals surface area contributed by atoms with E-state index in [0.717, 1.165) is 56.1 Å². The lowest BCUT2D eigenvalue weighted by molar-refractivity contribution is 0.669. The number of thiophene rings is 2. The van der Waals surface area contributed by atoms with E-state index >= 15 is 0 Å². The molecular weight excluding hydrogens is 1190 g/mol. The van der Waals surface area contributed by atoms with Gasteiger partial charge in [-0.2, -0.15) is 0 Å². The highest BCUT2D eigenvalue weighted by Gasteiger charge is 2.21. The van der Waals surface area contributed by atoms with E-state index < -0.39 is 0 Å². The van der Waals surface area contributed by atoms with Crippen molar-refractivity contribution in [1.29, 1.82) is 0 Å². The van der Waals surface area contributed by atoms with E-state index in [1.807, 2.05) is 34.8 Å². The summed E-state index contributed by atoms with van der Waals surface area (Å²) in [4.78, 5) is 4.74. The standard InChI is InChI=1S/C90H54N2OS2/c1-2-11-67(12-3-1)91(72-38-45-78-77-14-6-8-16-83(77)93-84(78)54-72)68-34-26-55(27-35-68)61-31-42-75-65(49-61)24-21-59-22-25-66-50-62(32-43-76(66)90(59)75)63-33-44-80-82-53-71(40-47-87(82)95-88(80)51-63)92(70-39-46-86-81(52-70)79-15-7-9-17-85(79)94-86)69-36-28-56(29-37-69)60-30-41-74-64(48-60)23-20-58-19-18-57-10-4-5-13-73(57)89(58)74/h1-54H. The molecule has 5 heteroatoms. The zero-order chi connectivity index (χ0) is 62.2. The highest BCUT2D eigenvalue weighted by atomic mass is 32.1. The molecule has 0 saturated heterocycles.